The molecule has 0 aliphatic rings. The molecule has 0 aromatic heterocycles. The quantitative estimate of drug-likeness (QED) is 0.218. The predicted molar refractivity (Wildman–Crippen MR) is 104 cm³/mol. The summed E-state index contributed by atoms with van der Waals surface area (Å²) in [5.41, 5.74) is 0. The molecule has 0 aliphatic carbocycles. The summed E-state index contributed by atoms with van der Waals surface area (Å²) in [5, 5.41) is -1.08. The molecular weight excluding hydrogens is 412 g/mol. The van der Waals surface area contributed by atoms with Gasteiger partial charge in [-0.15, -0.1) is 0 Å². The standard InChI is InChI=1S/C16H30N2O8S2/c1-13(2)27(21,22)17-9-5-11-25-15(19)7-8-16(20)26-12-6-10-18-28(23,24)14(3)4/h7-8,13-14,17-18H,5-6,9-12H2,1-4H3/b8-7+. The van der Waals surface area contributed by atoms with E-state index < -0.39 is 42.5 Å². The first-order chi connectivity index (χ1) is 12.9. The molecule has 2 N–H and O–H groups in total. The van der Waals surface area contributed by atoms with Crippen LogP contribution in [0.3, 0.4) is 0 Å². The highest BCUT2D eigenvalue weighted by molar-refractivity contribution is 7.90. The van der Waals surface area contributed by atoms with Gasteiger partial charge >= 0.3 is 11.9 Å². The molecule has 0 aromatic carbocycles. The van der Waals surface area contributed by atoms with Crippen LogP contribution in [0, 0.1) is 0 Å². The van der Waals surface area contributed by atoms with Gasteiger partial charge in [0.1, 0.15) is 0 Å². The van der Waals surface area contributed by atoms with Crippen LogP contribution in [0.2, 0.25) is 0 Å². The first-order valence-corrected chi connectivity index (χ1v) is 12.0. The van der Waals surface area contributed by atoms with Gasteiger partial charge in [0.15, 0.2) is 0 Å². The number of nitrogens with one attached hydrogen (secondary N) is 2. The van der Waals surface area contributed by atoms with Crippen LogP contribution in [0.25, 0.3) is 0 Å². The van der Waals surface area contributed by atoms with E-state index in [0.717, 1.165) is 12.2 Å². The van der Waals surface area contributed by atoms with Gasteiger partial charge in [0.25, 0.3) is 0 Å². The fourth-order valence-corrected chi connectivity index (χ4v) is 3.01. The van der Waals surface area contributed by atoms with Crippen LogP contribution in [-0.4, -0.2) is 65.6 Å². The molecule has 164 valence electrons. The van der Waals surface area contributed by atoms with Gasteiger partial charge in [-0.25, -0.2) is 35.9 Å². The van der Waals surface area contributed by atoms with Gasteiger partial charge in [-0.05, 0) is 40.5 Å². The fourth-order valence-electron chi connectivity index (χ4n) is 1.48. The molecule has 12 heteroatoms. The molecule has 0 saturated heterocycles. The highest BCUT2D eigenvalue weighted by Crippen LogP contribution is 1.97. The Morgan fingerprint density at radius 3 is 1.36 bits per heavy atom. The molecule has 0 rings (SSSR count). The average molecular weight is 443 g/mol. The smallest absolute Gasteiger partial charge is 0.331 e. The summed E-state index contributed by atoms with van der Waals surface area (Å²) in [6.07, 6.45) is 2.40. The second-order valence-corrected chi connectivity index (χ2v) is 11.0. The lowest BCUT2D eigenvalue weighted by atomic mass is 10.4. The van der Waals surface area contributed by atoms with Crippen LogP contribution in [0.5, 0.6) is 0 Å². The van der Waals surface area contributed by atoms with Crippen LogP contribution >= 0.6 is 0 Å². The Balaban J connectivity index is 3.90. The molecule has 0 radical (unpaired) electrons. The number of rotatable bonds is 14. The Morgan fingerprint density at radius 1 is 0.750 bits per heavy atom. The van der Waals surface area contributed by atoms with Gasteiger partial charge in [0, 0.05) is 25.2 Å². The van der Waals surface area contributed by atoms with Crippen molar-refractivity contribution in [2.45, 2.75) is 51.0 Å². The Kier molecular flexibility index (Phi) is 12.2. The second kappa shape index (κ2) is 12.9. The van der Waals surface area contributed by atoms with Crippen molar-refractivity contribution in [2.75, 3.05) is 26.3 Å². The van der Waals surface area contributed by atoms with Crippen molar-refractivity contribution in [1.29, 1.82) is 0 Å². The molecule has 10 nitrogen and oxygen atoms in total. The maximum Gasteiger partial charge on any atom is 0.331 e. The van der Waals surface area contributed by atoms with E-state index in [9.17, 15) is 26.4 Å². The van der Waals surface area contributed by atoms with Crippen molar-refractivity contribution in [3.05, 3.63) is 12.2 Å². The number of esters is 2. The van der Waals surface area contributed by atoms with Crippen LogP contribution in [0.1, 0.15) is 40.5 Å². The molecular formula is C16H30N2O8S2. The van der Waals surface area contributed by atoms with Gasteiger partial charge in [-0.1, -0.05) is 0 Å². The zero-order chi connectivity index (χ0) is 21.8. The minimum Gasteiger partial charge on any atom is -0.462 e. The number of ether oxygens (including phenoxy) is 2. The molecule has 0 aliphatic heterocycles. The average Bonchev–Trinajstić information content (AvgIpc) is 2.58. The van der Waals surface area contributed by atoms with E-state index >= 15 is 0 Å². The second-order valence-electron chi connectivity index (χ2n) is 6.35. The third-order valence-corrected chi connectivity index (χ3v) is 7.03. The van der Waals surface area contributed by atoms with Gasteiger partial charge < -0.3 is 9.47 Å². The van der Waals surface area contributed by atoms with E-state index in [1.165, 1.54) is 0 Å². The monoisotopic (exact) mass is 442 g/mol. The SMILES string of the molecule is CC(C)S(=O)(=O)NCCCOC(=O)/C=C/C(=O)OCCCNS(=O)(=O)C(C)C. The lowest BCUT2D eigenvalue weighted by molar-refractivity contribution is -0.140. The van der Waals surface area contributed by atoms with E-state index in [1.54, 1.807) is 27.7 Å². The molecule has 0 saturated carbocycles. The zero-order valence-electron chi connectivity index (χ0n) is 16.6. The lowest BCUT2D eigenvalue weighted by Crippen LogP contribution is -2.32. The molecule has 0 heterocycles. The van der Waals surface area contributed by atoms with Crippen LogP contribution in [0.4, 0.5) is 0 Å². The molecule has 0 amide bonds. The Bertz CT molecular complexity index is 666. The van der Waals surface area contributed by atoms with E-state index in [2.05, 4.69) is 9.44 Å². The highest BCUT2D eigenvalue weighted by atomic mass is 32.2. The minimum atomic E-state index is -3.35. The Labute approximate surface area is 167 Å². The minimum absolute atomic E-state index is 0.00513. The van der Waals surface area contributed by atoms with Crippen LogP contribution in [0.15, 0.2) is 12.2 Å². The van der Waals surface area contributed by atoms with Crippen molar-refractivity contribution in [2.24, 2.45) is 0 Å². The topological polar surface area (TPSA) is 145 Å². The third-order valence-electron chi connectivity index (χ3n) is 3.33. The van der Waals surface area contributed by atoms with Gasteiger partial charge in [0.2, 0.25) is 20.0 Å². The zero-order valence-corrected chi connectivity index (χ0v) is 18.3. The fraction of sp³-hybridized carbons (Fsp3) is 0.750. The number of sulfonamides is 2. The van der Waals surface area contributed by atoms with Crippen LogP contribution in [-0.2, 0) is 39.1 Å². The summed E-state index contributed by atoms with van der Waals surface area (Å²) in [6.45, 7) is 6.48. The summed E-state index contributed by atoms with van der Waals surface area (Å²) in [5.74, 6) is -1.51. The van der Waals surface area contributed by atoms with E-state index in [-0.39, 0.29) is 26.3 Å². The van der Waals surface area contributed by atoms with Gasteiger partial charge in [0.05, 0.1) is 23.7 Å². The van der Waals surface area contributed by atoms with E-state index in [4.69, 9.17) is 9.47 Å². The number of hydrogen-bond acceptors (Lipinski definition) is 8. The Hall–Kier alpha value is -1.50. The molecule has 0 spiro atoms. The van der Waals surface area contributed by atoms with Crippen molar-refractivity contribution in [3.63, 3.8) is 0 Å². The maximum atomic E-state index is 11.5. The Morgan fingerprint density at radius 2 is 1.07 bits per heavy atom. The molecule has 0 atom stereocenters. The summed E-state index contributed by atoms with van der Waals surface area (Å²) in [6, 6.07) is 0. The predicted octanol–water partition coefficient (Wildman–Crippen LogP) is 0.0648. The van der Waals surface area contributed by atoms with E-state index in [0.29, 0.717) is 12.8 Å². The largest absolute Gasteiger partial charge is 0.462 e. The van der Waals surface area contributed by atoms with Crippen molar-refractivity contribution in [1.82, 2.24) is 9.44 Å². The number of carbonyl (C=O) groups excluding carboxylic acids is 2. The summed E-state index contributed by atoms with van der Waals surface area (Å²) >= 11 is 0. The first kappa shape index (κ1) is 26.5. The van der Waals surface area contributed by atoms with Crippen LogP contribution < -0.4 is 9.44 Å². The number of hydrogen-bond donors (Lipinski definition) is 2. The molecule has 0 bridgehead atoms. The van der Waals surface area contributed by atoms with Gasteiger partial charge in [-0.3, -0.25) is 0 Å². The molecule has 0 fully saturated rings. The molecule has 0 unspecified atom stereocenters. The summed E-state index contributed by atoms with van der Waals surface area (Å²) in [7, 11) is -6.70. The molecule has 28 heavy (non-hydrogen) atoms. The highest BCUT2D eigenvalue weighted by Gasteiger charge is 2.15. The third kappa shape index (κ3) is 12.1. The first-order valence-electron chi connectivity index (χ1n) is 8.87. The lowest BCUT2D eigenvalue weighted by Gasteiger charge is -2.09. The van der Waals surface area contributed by atoms with Crippen molar-refractivity contribution >= 4 is 32.0 Å². The maximum absolute atomic E-state index is 11.5. The normalized spacial score (nSPS) is 12.6. The van der Waals surface area contributed by atoms with E-state index in [1.807, 2.05) is 0 Å². The summed E-state index contributed by atoms with van der Waals surface area (Å²) in [4.78, 5) is 22.9. The van der Waals surface area contributed by atoms with Crippen molar-refractivity contribution in [3.8, 4) is 0 Å². The van der Waals surface area contributed by atoms with Crippen molar-refractivity contribution < 1.29 is 35.9 Å². The number of carbonyl (C=O) groups is 2. The van der Waals surface area contributed by atoms with Gasteiger partial charge in [-0.2, -0.15) is 0 Å². The summed E-state index contributed by atoms with van der Waals surface area (Å²) < 4.78 is 60.4. The molecule has 0 aromatic rings.